The molecule has 0 atom stereocenters. The Balaban J connectivity index is 1.73. The zero-order chi connectivity index (χ0) is 18.5. The Morgan fingerprint density at radius 2 is 1.60 bits per heavy atom. The topological polar surface area (TPSA) is 9.23 Å². The summed E-state index contributed by atoms with van der Waals surface area (Å²) in [7, 11) is 0. The van der Waals surface area contributed by atoms with Crippen molar-refractivity contribution < 1.29 is 4.74 Å². The van der Waals surface area contributed by atoms with E-state index in [1.807, 2.05) is 0 Å². The maximum Gasteiger partial charge on any atom is 0.113 e. The zero-order valence-corrected chi connectivity index (χ0v) is 17.0. The summed E-state index contributed by atoms with van der Waals surface area (Å²) in [6.45, 7) is 18.7. The van der Waals surface area contributed by atoms with Gasteiger partial charge in [0.05, 0.1) is 0 Å². The van der Waals surface area contributed by atoms with Crippen molar-refractivity contribution in [3.05, 3.63) is 58.9 Å². The van der Waals surface area contributed by atoms with Gasteiger partial charge in [0, 0.05) is 0 Å². The van der Waals surface area contributed by atoms with Gasteiger partial charge in [-0.2, -0.15) is 0 Å². The molecule has 1 aromatic carbocycles. The number of ether oxygens (including phenoxy) is 1. The fourth-order valence-corrected chi connectivity index (χ4v) is 3.94. The normalized spacial score (nSPS) is 22.9. The maximum atomic E-state index is 5.96. The first-order chi connectivity index (χ1) is 11.5. The van der Waals surface area contributed by atoms with Crippen LogP contribution in [0.2, 0.25) is 0 Å². The van der Waals surface area contributed by atoms with Gasteiger partial charge in [-0.25, -0.2) is 0 Å². The molecule has 2 aliphatic rings. The summed E-state index contributed by atoms with van der Waals surface area (Å²) in [6.07, 6.45) is 7.20. The van der Waals surface area contributed by atoms with Crippen molar-refractivity contribution in [2.24, 2.45) is 5.41 Å². The van der Waals surface area contributed by atoms with E-state index in [0.29, 0.717) is 12.0 Å². The molecule has 0 aromatic heterocycles. The highest BCUT2D eigenvalue weighted by atomic mass is 16.5. The van der Waals surface area contributed by atoms with Gasteiger partial charge in [-0.3, -0.25) is 0 Å². The van der Waals surface area contributed by atoms with Gasteiger partial charge in [0.25, 0.3) is 0 Å². The smallest absolute Gasteiger partial charge is 0.113 e. The third kappa shape index (κ3) is 3.71. The minimum atomic E-state index is 0.245. The molecule has 1 saturated carbocycles. The number of hydrogen-bond donors (Lipinski definition) is 0. The summed E-state index contributed by atoms with van der Waals surface area (Å²) in [5, 5.41) is 0. The second-order valence-electron chi connectivity index (χ2n) is 9.79. The monoisotopic (exact) mass is 338 g/mol. The van der Waals surface area contributed by atoms with Gasteiger partial charge >= 0.3 is 0 Å². The molecule has 0 bridgehead atoms. The van der Waals surface area contributed by atoms with Crippen LogP contribution in [-0.2, 0) is 22.2 Å². The Kier molecular flexibility index (Phi) is 4.42. The second-order valence-corrected chi connectivity index (χ2v) is 9.79. The number of allylic oxidation sites excluding steroid dienone is 2. The second kappa shape index (κ2) is 6.04. The standard InChI is InChI=1S/C24H34O/c1-17(24(7)12-13-24)14-18(2)25-16-19-8-9-20-21(15-19)23(5,6)11-10-22(20,3)4/h8-9,14-15H,2,10-13,16H2,1,3-7H3/b17-14+. The van der Waals surface area contributed by atoms with Crippen LogP contribution < -0.4 is 0 Å². The predicted molar refractivity (Wildman–Crippen MR) is 107 cm³/mol. The lowest BCUT2D eigenvalue weighted by Crippen LogP contribution is -2.33. The van der Waals surface area contributed by atoms with Crippen molar-refractivity contribution in [2.75, 3.05) is 0 Å². The third-order valence-electron chi connectivity index (χ3n) is 6.67. The van der Waals surface area contributed by atoms with Crippen molar-refractivity contribution in [2.45, 2.75) is 84.7 Å². The van der Waals surface area contributed by atoms with E-state index < -0.39 is 0 Å². The predicted octanol–water partition coefficient (Wildman–Crippen LogP) is 6.81. The van der Waals surface area contributed by atoms with E-state index in [0.717, 1.165) is 5.76 Å². The SMILES string of the molecule is C=C(/C=C(\C)C1(C)CC1)OCc1ccc2c(c1)C(C)(C)CCC2(C)C. The molecule has 0 spiro atoms. The van der Waals surface area contributed by atoms with Crippen LogP contribution in [0.5, 0.6) is 0 Å². The van der Waals surface area contributed by atoms with Crippen LogP contribution in [0, 0.1) is 5.41 Å². The number of fused-ring (bicyclic) bond motifs is 1. The summed E-state index contributed by atoms with van der Waals surface area (Å²) >= 11 is 0. The van der Waals surface area contributed by atoms with Gasteiger partial charge in [0.15, 0.2) is 0 Å². The van der Waals surface area contributed by atoms with Gasteiger partial charge in [-0.05, 0) is 71.6 Å². The van der Waals surface area contributed by atoms with Crippen LogP contribution >= 0.6 is 0 Å². The molecule has 0 amide bonds. The highest BCUT2D eigenvalue weighted by Gasteiger charge is 2.39. The Hall–Kier alpha value is -1.50. The molecule has 1 fully saturated rings. The molecule has 3 rings (SSSR count). The molecule has 1 nitrogen and oxygen atoms in total. The number of rotatable bonds is 5. The van der Waals surface area contributed by atoms with E-state index in [1.54, 1.807) is 0 Å². The van der Waals surface area contributed by atoms with Crippen molar-refractivity contribution in [3.8, 4) is 0 Å². The van der Waals surface area contributed by atoms with Gasteiger partial charge in [0.2, 0.25) is 0 Å². The first-order valence-electron chi connectivity index (χ1n) is 9.68. The van der Waals surface area contributed by atoms with Gasteiger partial charge in [0.1, 0.15) is 12.4 Å². The highest BCUT2D eigenvalue weighted by molar-refractivity contribution is 5.43. The Labute approximate surface area is 154 Å². The molecule has 1 aromatic rings. The van der Waals surface area contributed by atoms with Crippen LogP contribution in [-0.4, -0.2) is 0 Å². The van der Waals surface area contributed by atoms with E-state index in [2.05, 4.69) is 72.4 Å². The van der Waals surface area contributed by atoms with Crippen LogP contribution in [0.1, 0.15) is 83.9 Å². The lowest BCUT2D eigenvalue weighted by molar-refractivity contribution is 0.211. The molecule has 0 heterocycles. The summed E-state index contributed by atoms with van der Waals surface area (Å²) in [6, 6.07) is 6.92. The minimum absolute atomic E-state index is 0.245. The third-order valence-corrected chi connectivity index (χ3v) is 6.67. The van der Waals surface area contributed by atoms with Crippen LogP contribution in [0.3, 0.4) is 0 Å². The fraction of sp³-hybridized carbons (Fsp3) is 0.583. The molecular formula is C24H34O. The molecule has 0 radical (unpaired) electrons. The summed E-state index contributed by atoms with van der Waals surface area (Å²) in [5.74, 6) is 0.780. The zero-order valence-electron chi connectivity index (χ0n) is 17.0. The minimum Gasteiger partial charge on any atom is -0.490 e. The molecular weight excluding hydrogens is 304 g/mol. The van der Waals surface area contributed by atoms with Gasteiger partial charge in [-0.15, -0.1) is 0 Å². The molecule has 0 unspecified atom stereocenters. The molecule has 25 heavy (non-hydrogen) atoms. The van der Waals surface area contributed by atoms with E-state index in [9.17, 15) is 0 Å². The summed E-state index contributed by atoms with van der Waals surface area (Å²) < 4.78 is 5.96. The quantitative estimate of drug-likeness (QED) is 0.423. The van der Waals surface area contributed by atoms with Gasteiger partial charge in [-0.1, -0.05) is 65.0 Å². The number of hydrogen-bond acceptors (Lipinski definition) is 1. The van der Waals surface area contributed by atoms with Crippen LogP contribution in [0.25, 0.3) is 0 Å². The van der Waals surface area contributed by atoms with Crippen LogP contribution in [0.15, 0.2) is 42.2 Å². The molecule has 0 N–H and O–H groups in total. The van der Waals surface area contributed by atoms with Crippen molar-refractivity contribution in [3.63, 3.8) is 0 Å². The van der Waals surface area contributed by atoms with E-state index in [-0.39, 0.29) is 10.8 Å². The first kappa shape index (κ1) is 18.3. The van der Waals surface area contributed by atoms with Crippen molar-refractivity contribution in [1.29, 1.82) is 0 Å². The summed E-state index contributed by atoms with van der Waals surface area (Å²) in [5.41, 5.74) is 6.55. The number of benzene rings is 1. The lowest BCUT2D eigenvalue weighted by atomic mass is 9.63. The molecule has 2 aliphatic carbocycles. The molecule has 0 aliphatic heterocycles. The Morgan fingerprint density at radius 3 is 2.20 bits per heavy atom. The highest BCUT2D eigenvalue weighted by Crippen LogP contribution is 2.51. The van der Waals surface area contributed by atoms with Gasteiger partial charge < -0.3 is 4.74 Å². The molecule has 0 saturated heterocycles. The largest absolute Gasteiger partial charge is 0.490 e. The van der Waals surface area contributed by atoms with Crippen molar-refractivity contribution >= 4 is 0 Å². The lowest BCUT2D eigenvalue weighted by Gasteiger charge is -2.42. The average Bonchev–Trinajstić information content (AvgIpc) is 3.29. The molecule has 1 heteroatoms. The average molecular weight is 339 g/mol. The Morgan fingerprint density at radius 1 is 1.00 bits per heavy atom. The maximum absolute atomic E-state index is 5.96. The summed E-state index contributed by atoms with van der Waals surface area (Å²) in [4.78, 5) is 0. The molecule has 136 valence electrons. The van der Waals surface area contributed by atoms with Crippen LogP contribution in [0.4, 0.5) is 0 Å². The fourth-order valence-electron chi connectivity index (χ4n) is 3.94. The van der Waals surface area contributed by atoms with Crippen molar-refractivity contribution in [1.82, 2.24) is 0 Å². The Bertz CT molecular complexity index is 714. The van der Waals surface area contributed by atoms with E-state index in [1.165, 1.54) is 47.9 Å². The first-order valence-corrected chi connectivity index (χ1v) is 9.68. The van der Waals surface area contributed by atoms with E-state index >= 15 is 0 Å². The van der Waals surface area contributed by atoms with E-state index in [4.69, 9.17) is 4.74 Å².